The fraction of sp³-hybridized carbons (Fsp3) is 0.222. The highest BCUT2D eigenvalue weighted by Gasteiger charge is 2.37. The molecule has 34 heavy (non-hydrogen) atoms. The van der Waals surface area contributed by atoms with Gasteiger partial charge in [0.1, 0.15) is 23.0 Å². The quantitative estimate of drug-likeness (QED) is 0.186. The number of ether oxygens (including phenoxy) is 4. The molecule has 0 radical (unpaired) electrons. The van der Waals surface area contributed by atoms with Crippen LogP contribution in [0.15, 0.2) is 78.9 Å². The predicted octanol–water partition coefficient (Wildman–Crippen LogP) is 4.74. The second kappa shape index (κ2) is 11.7. The van der Waals surface area contributed by atoms with Gasteiger partial charge in [-0.05, 0) is 54.4 Å². The summed E-state index contributed by atoms with van der Waals surface area (Å²) in [5.41, 5.74) is 0.500. The van der Waals surface area contributed by atoms with Crippen molar-refractivity contribution in [1.29, 1.82) is 0 Å². The van der Waals surface area contributed by atoms with Gasteiger partial charge >= 0.3 is 11.9 Å². The molecule has 1 atom stereocenters. The molecular weight excluding hydrogens is 436 g/mol. The number of carbonyl (C=O) groups is 3. The Balaban J connectivity index is 1.80. The standard InChI is InChI=1S/C27H26O7/c1-18(17-24(28)19-7-5-4-6-8-19)25(26(29)33-22-13-9-20(31-2)10-14-22)27(30)34-23-15-11-21(32-3)12-16-23/h4-16,18,25H,17H2,1-3H3. The van der Waals surface area contributed by atoms with Crippen LogP contribution in [0.2, 0.25) is 0 Å². The highest BCUT2D eigenvalue weighted by Crippen LogP contribution is 2.26. The molecule has 3 aromatic carbocycles. The van der Waals surface area contributed by atoms with Gasteiger partial charge in [-0.2, -0.15) is 0 Å². The topological polar surface area (TPSA) is 88.1 Å². The second-order valence-corrected chi connectivity index (χ2v) is 7.64. The zero-order chi connectivity index (χ0) is 24.5. The van der Waals surface area contributed by atoms with E-state index in [0.717, 1.165) is 0 Å². The molecule has 7 heteroatoms. The van der Waals surface area contributed by atoms with Crippen molar-refractivity contribution in [2.24, 2.45) is 11.8 Å². The number of hydrogen-bond acceptors (Lipinski definition) is 7. The maximum absolute atomic E-state index is 13.1. The monoisotopic (exact) mass is 462 g/mol. The van der Waals surface area contributed by atoms with Gasteiger partial charge < -0.3 is 18.9 Å². The van der Waals surface area contributed by atoms with Crippen LogP contribution in [0.3, 0.4) is 0 Å². The normalized spacial score (nSPS) is 11.4. The van der Waals surface area contributed by atoms with E-state index in [1.165, 1.54) is 14.2 Å². The number of hydrogen-bond donors (Lipinski definition) is 0. The van der Waals surface area contributed by atoms with E-state index >= 15 is 0 Å². The summed E-state index contributed by atoms with van der Waals surface area (Å²) < 4.78 is 21.1. The summed E-state index contributed by atoms with van der Waals surface area (Å²) in [6.45, 7) is 1.65. The van der Waals surface area contributed by atoms with Gasteiger partial charge in [-0.3, -0.25) is 14.4 Å². The molecule has 0 bridgehead atoms. The fourth-order valence-corrected chi connectivity index (χ4v) is 3.36. The molecule has 0 N–H and O–H groups in total. The number of carbonyl (C=O) groups excluding carboxylic acids is 3. The minimum absolute atomic E-state index is 0.0376. The summed E-state index contributed by atoms with van der Waals surface area (Å²) in [5, 5.41) is 0. The third kappa shape index (κ3) is 6.45. The van der Waals surface area contributed by atoms with Crippen LogP contribution in [0.5, 0.6) is 23.0 Å². The molecule has 7 nitrogen and oxygen atoms in total. The third-order valence-electron chi connectivity index (χ3n) is 5.24. The first-order valence-electron chi connectivity index (χ1n) is 10.7. The Morgan fingerprint density at radius 3 is 1.47 bits per heavy atom. The molecule has 3 rings (SSSR count). The lowest BCUT2D eigenvalue weighted by molar-refractivity contribution is -0.153. The lowest BCUT2D eigenvalue weighted by Gasteiger charge is -2.21. The Bertz CT molecular complexity index is 1040. The van der Waals surface area contributed by atoms with Gasteiger partial charge in [0.05, 0.1) is 14.2 Å². The SMILES string of the molecule is COc1ccc(OC(=O)C(C(=O)Oc2ccc(OC)cc2)C(C)CC(=O)c2ccccc2)cc1. The minimum atomic E-state index is -1.32. The largest absolute Gasteiger partial charge is 0.497 e. The van der Waals surface area contributed by atoms with Crippen LogP contribution in [-0.4, -0.2) is 31.9 Å². The van der Waals surface area contributed by atoms with Crippen molar-refractivity contribution in [2.75, 3.05) is 14.2 Å². The number of methoxy groups -OCH3 is 2. The number of benzene rings is 3. The van der Waals surface area contributed by atoms with Crippen molar-refractivity contribution < 1.29 is 33.3 Å². The van der Waals surface area contributed by atoms with E-state index in [1.807, 2.05) is 0 Å². The Morgan fingerprint density at radius 1 is 0.647 bits per heavy atom. The number of Topliss-reactive ketones (excluding diaryl/α,β-unsaturated/α-hetero) is 1. The second-order valence-electron chi connectivity index (χ2n) is 7.64. The smallest absolute Gasteiger partial charge is 0.326 e. The Labute approximate surface area is 198 Å². The van der Waals surface area contributed by atoms with E-state index in [4.69, 9.17) is 18.9 Å². The molecule has 0 saturated heterocycles. The summed E-state index contributed by atoms with van der Waals surface area (Å²) >= 11 is 0. The summed E-state index contributed by atoms with van der Waals surface area (Å²) in [6, 6.07) is 21.5. The first-order valence-corrected chi connectivity index (χ1v) is 10.7. The molecule has 0 heterocycles. The van der Waals surface area contributed by atoms with E-state index in [2.05, 4.69) is 0 Å². The molecule has 0 spiro atoms. The average molecular weight is 462 g/mol. The van der Waals surface area contributed by atoms with Gasteiger partial charge in [0, 0.05) is 12.0 Å². The Kier molecular flexibility index (Phi) is 8.40. The van der Waals surface area contributed by atoms with Crippen LogP contribution in [-0.2, 0) is 9.59 Å². The molecule has 0 amide bonds. The maximum Gasteiger partial charge on any atom is 0.326 e. The first kappa shape index (κ1) is 24.5. The molecule has 0 saturated carbocycles. The highest BCUT2D eigenvalue weighted by molar-refractivity contribution is 6.00. The van der Waals surface area contributed by atoms with Crippen molar-refractivity contribution in [3.8, 4) is 23.0 Å². The average Bonchev–Trinajstić information content (AvgIpc) is 2.85. The van der Waals surface area contributed by atoms with E-state index in [-0.39, 0.29) is 23.7 Å². The minimum Gasteiger partial charge on any atom is -0.497 e. The lowest BCUT2D eigenvalue weighted by Crippen LogP contribution is -2.37. The molecule has 0 fully saturated rings. The van der Waals surface area contributed by atoms with Gasteiger partial charge in [-0.15, -0.1) is 0 Å². The van der Waals surface area contributed by atoms with Crippen LogP contribution in [0.1, 0.15) is 23.7 Å². The highest BCUT2D eigenvalue weighted by atomic mass is 16.6. The van der Waals surface area contributed by atoms with Crippen LogP contribution in [0.25, 0.3) is 0 Å². The molecule has 0 aromatic heterocycles. The van der Waals surface area contributed by atoms with E-state index in [9.17, 15) is 14.4 Å². The summed E-state index contributed by atoms with van der Waals surface area (Å²) in [7, 11) is 3.05. The zero-order valence-corrected chi connectivity index (χ0v) is 19.2. The molecule has 176 valence electrons. The number of esters is 2. The number of rotatable bonds is 10. The molecule has 0 aliphatic carbocycles. The van der Waals surface area contributed by atoms with Crippen molar-refractivity contribution in [2.45, 2.75) is 13.3 Å². The molecule has 0 aliphatic rings. The first-order chi connectivity index (χ1) is 16.4. The van der Waals surface area contributed by atoms with Gasteiger partial charge in [-0.25, -0.2) is 0 Å². The third-order valence-corrected chi connectivity index (χ3v) is 5.24. The summed E-state index contributed by atoms with van der Waals surface area (Å²) in [6.07, 6.45) is -0.0376. The molecule has 1 unspecified atom stereocenters. The fourth-order valence-electron chi connectivity index (χ4n) is 3.36. The Hall–Kier alpha value is -4.13. The van der Waals surface area contributed by atoms with Gasteiger partial charge in [-0.1, -0.05) is 37.3 Å². The molecular formula is C27H26O7. The Morgan fingerprint density at radius 2 is 1.06 bits per heavy atom. The summed E-state index contributed by atoms with van der Waals surface area (Å²) in [4.78, 5) is 38.9. The number of ketones is 1. The van der Waals surface area contributed by atoms with Crippen LogP contribution in [0, 0.1) is 11.8 Å². The van der Waals surface area contributed by atoms with E-state index in [1.54, 1.807) is 85.8 Å². The van der Waals surface area contributed by atoms with Crippen LogP contribution < -0.4 is 18.9 Å². The zero-order valence-electron chi connectivity index (χ0n) is 19.2. The lowest BCUT2D eigenvalue weighted by atomic mass is 9.88. The van der Waals surface area contributed by atoms with Crippen molar-refractivity contribution in [3.63, 3.8) is 0 Å². The van der Waals surface area contributed by atoms with Gasteiger partial charge in [0.2, 0.25) is 0 Å². The molecule has 0 aliphatic heterocycles. The van der Waals surface area contributed by atoms with Crippen molar-refractivity contribution in [3.05, 3.63) is 84.4 Å². The van der Waals surface area contributed by atoms with E-state index in [0.29, 0.717) is 17.1 Å². The van der Waals surface area contributed by atoms with Gasteiger partial charge in [0.15, 0.2) is 11.7 Å². The summed E-state index contributed by atoms with van der Waals surface area (Å²) in [5.74, 6) is -2.12. The van der Waals surface area contributed by atoms with E-state index < -0.39 is 23.8 Å². The molecule has 3 aromatic rings. The maximum atomic E-state index is 13.1. The van der Waals surface area contributed by atoms with Crippen LogP contribution >= 0.6 is 0 Å². The van der Waals surface area contributed by atoms with Crippen molar-refractivity contribution in [1.82, 2.24) is 0 Å². The van der Waals surface area contributed by atoms with Gasteiger partial charge in [0.25, 0.3) is 0 Å². The van der Waals surface area contributed by atoms with Crippen LogP contribution in [0.4, 0.5) is 0 Å². The van der Waals surface area contributed by atoms with Crippen molar-refractivity contribution >= 4 is 17.7 Å². The predicted molar refractivity (Wildman–Crippen MR) is 125 cm³/mol.